The largest absolute Gasteiger partial charge is 0.465 e. The van der Waals surface area contributed by atoms with Gasteiger partial charge in [0.2, 0.25) is 0 Å². The Morgan fingerprint density at radius 1 is 1.30 bits per heavy atom. The fourth-order valence-electron chi connectivity index (χ4n) is 2.69. The van der Waals surface area contributed by atoms with Crippen molar-refractivity contribution in [2.75, 3.05) is 13.1 Å². The van der Waals surface area contributed by atoms with Gasteiger partial charge >= 0.3 is 12.3 Å². The highest BCUT2D eigenvalue weighted by Gasteiger charge is 2.31. The first-order valence-electron chi connectivity index (χ1n) is 6.44. The summed E-state index contributed by atoms with van der Waals surface area (Å²) in [7, 11) is 0. The molecule has 2 rings (SSSR count). The van der Waals surface area contributed by atoms with Gasteiger partial charge in [-0.25, -0.2) is 4.79 Å². The molecular weight excluding hydrogens is 271 g/mol. The summed E-state index contributed by atoms with van der Waals surface area (Å²) in [6.45, 7) is 2.54. The minimum absolute atomic E-state index is 0.132. The molecule has 1 aliphatic rings. The van der Waals surface area contributed by atoms with Crippen LogP contribution in [-0.4, -0.2) is 29.2 Å². The third-order valence-corrected chi connectivity index (χ3v) is 3.80. The van der Waals surface area contributed by atoms with Gasteiger partial charge in [0.15, 0.2) is 0 Å². The van der Waals surface area contributed by atoms with E-state index in [0.29, 0.717) is 31.5 Å². The number of alkyl halides is 3. The van der Waals surface area contributed by atoms with Gasteiger partial charge in [0.05, 0.1) is 5.56 Å². The van der Waals surface area contributed by atoms with Gasteiger partial charge in [0.1, 0.15) is 0 Å². The summed E-state index contributed by atoms with van der Waals surface area (Å²) in [5, 5.41) is 8.88. The van der Waals surface area contributed by atoms with Crippen LogP contribution in [0.25, 0.3) is 0 Å². The van der Waals surface area contributed by atoms with E-state index >= 15 is 0 Å². The Morgan fingerprint density at radius 3 is 2.35 bits per heavy atom. The Balaban J connectivity index is 2.13. The fraction of sp³-hybridized carbons (Fsp3) is 0.500. The average molecular weight is 287 g/mol. The van der Waals surface area contributed by atoms with E-state index in [4.69, 9.17) is 5.11 Å². The van der Waals surface area contributed by atoms with Crippen molar-refractivity contribution in [2.24, 2.45) is 0 Å². The highest BCUT2D eigenvalue weighted by molar-refractivity contribution is 5.65. The van der Waals surface area contributed by atoms with Crippen LogP contribution in [0.1, 0.15) is 35.4 Å². The van der Waals surface area contributed by atoms with Crippen LogP contribution in [0.2, 0.25) is 0 Å². The Hall–Kier alpha value is -1.72. The molecule has 0 atom stereocenters. The van der Waals surface area contributed by atoms with Crippen LogP contribution in [-0.2, 0) is 6.18 Å². The lowest BCUT2D eigenvalue weighted by Gasteiger charge is -2.31. The van der Waals surface area contributed by atoms with Crippen LogP contribution in [0.3, 0.4) is 0 Å². The summed E-state index contributed by atoms with van der Waals surface area (Å²) < 4.78 is 37.8. The second kappa shape index (κ2) is 5.34. The summed E-state index contributed by atoms with van der Waals surface area (Å²) in [6, 6.07) is 3.80. The van der Waals surface area contributed by atoms with E-state index in [9.17, 15) is 18.0 Å². The van der Waals surface area contributed by atoms with Crippen molar-refractivity contribution in [3.8, 4) is 0 Å². The van der Waals surface area contributed by atoms with Crippen molar-refractivity contribution in [1.29, 1.82) is 0 Å². The number of aryl methyl sites for hydroxylation is 1. The van der Waals surface area contributed by atoms with E-state index in [1.807, 2.05) is 0 Å². The van der Waals surface area contributed by atoms with Crippen LogP contribution in [0.15, 0.2) is 18.2 Å². The minimum atomic E-state index is -4.32. The van der Waals surface area contributed by atoms with Crippen LogP contribution in [0.5, 0.6) is 0 Å². The fourth-order valence-corrected chi connectivity index (χ4v) is 2.69. The third-order valence-electron chi connectivity index (χ3n) is 3.80. The maximum absolute atomic E-state index is 12.6. The van der Waals surface area contributed by atoms with E-state index in [0.717, 1.165) is 11.6 Å². The Morgan fingerprint density at radius 2 is 1.90 bits per heavy atom. The van der Waals surface area contributed by atoms with Crippen LogP contribution < -0.4 is 0 Å². The molecule has 0 aliphatic carbocycles. The standard InChI is InChI=1S/C14H16F3NO2/c1-9-8-11(14(15,16)17)2-3-12(9)10-4-6-18(7-5-10)13(19)20/h2-3,8,10H,4-7H2,1H3,(H,19,20). The van der Waals surface area contributed by atoms with Gasteiger partial charge in [0, 0.05) is 13.1 Å². The number of benzene rings is 1. The van der Waals surface area contributed by atoms with Gasteiger partial charge in [-0.2, -0.15) is 13.2 Å². The maximum atomic E-state index is 12.6. The second-order valence-corrected chi connectivity index (χ2v) is 5.11. The molecule has 1 heterocycles. The van der Waals surface area contributed by atoms with Crippen LogP contribution in [0.4, 0.5) is 18.0 Å². The summed E-state index contributed by atoms with van der Waals surface area (Å²) in [6.07, 6.45) is -3.96. The normalized spacial score (nSPS) is 17.3. The van der Waals surface area contributed by atoms with Crippen LogP contribution >= 0.6 is 0 Å². The second-order valence-electron chi connectivity index (χ2n) is 5.11. The number of carbonyl (C=O) groups is 1. The van der Waals surface area contributed by atoms with E-state index in [1.54, 1.807) is 6.92 Å². The number of piperidine rings is 1. The van der Waals surface area contributed by atoms with Gasteiger partial charge < -0.3 is 10.0 Å². The molecule has 1 N–H and O–H groups in total. The van der Waals surface area contributed by atoms with Crippen molar-refractivity contribution < 1.29 is 23.1 Å². The molecule has 0 radical (unpaired) electrons. The molecule has 1 aliphatic heterocycles. The summed E-state index contributed by atoms with van der Waals surface area (Å²) in [5.74, 6) is 0.132. The zero-order chi connectivity index (χ0) is 14.9. The zero-order valence-electron chi connectivity index (χ0n) is 11.1. The number of nitrogens with zero attached hydrogens (tertiary/aromatic N) is 1. The van der Waals surface area contributed by atoms with Gasteiger partial charge in [-0.3, -0.25) is 0 Å². The van der Waals surface area contributed by atoms with E-state index in [2.05, 4.69) is 0 Å². The molecule has 20 heavy (non-hydrogen) atoms. The molecule has 0 aromatic heterocycles. The first-order chi connectivity index (χ1) is 9.29. The number of likely N-dealkylation sites (tertiary alicyclic amines) is 1. The molecule has 1 aromatic rings. The Labute approximate surface area is 115 Å². The molecule has 0 bridgehead atoms. The summed E-state index contributed by atoms with van der Waals surface area (Å²) in [5.41, 5.74) is 0.873. The maximum Gasteiger partial charge on any atom is 0.416 e. The summed E-state index contributed by atoms with van der Waals surface area (Å²) >= 11 is 0. The lowest BCUT2D eigenvalue weighted by atomic mass is 9.86. The molecular formula is C14H16F3NO2. The Bertz CT molecular complexity index is 506. The van der Waals surface area contributed by atoms with Gasteiger partial charge in [-0.1, -0.05) is 6.07 Å². The smallest absolute Gasteiger partial charge is 0.416 e. The molecule has 1 aromatic carbocycles. The lowest BCUT2D eigenvalue weighted by Crippen LogP contribution is -2.36. The first kappa shape index (κ1) is 14.7. The third kappa shape index (κ3) is 3.05. The number of hydrogen-bond donors (Lipinski definition) is 1. The zero-order valence-corrected chi connectivity index (χ0v) is 11.1. The SMILES string of the molecule is Cc1cc(C(F)(F)F)ccc1C1CCN(C(=O)O)CC1. The Kier molecular flexibility index (Phi) is 3.92. The van der Waals surface area contributed by atoms with Gasteiger partial charge in [0.25, 0.3) is 0 Å². The highest BCUT2D eigenvalue weighted by atomic mass is 19.4. The van der Waals surface area contributed by atoms with Crippen molar-refractivity contribution in [1.82, 2.24) is 4.90 Å². The van der Waals surface area contributed by atoms with Gasteiger partial charge in [-0.05, 0) is 48.9 Å². The quantitative estimate of drug-likeness (QED) is 0.851. The average Bonchev–Trinajstić information content (AvgIpc) is 2.37. The van der Waals surface area contributed by atoms with E-state index in [-0.39, 0.29) is 5.92 Å². The lowest BCUT2D eigenvalue weighted by molar-refractivity contribution is -0.137. The van der Waals surface area contributed by atoms with Crippen molar-refractivity contribution in [2.45, 2.75) is 31.9 Å². The number of halogens is 3. The summed E-state index contributed by atoms with van der Waals surface area (Å²) in [4.78, 5) is 12.2. The predicted molar refractivity (Wildman–Crippen MR) is 67.8 cm³/mol. The number of hydrogen-bond acceptors (Lipinski definition) is 1. The number of carboxylic acid groups (broad SMARTS) is 1. The molecule has 0 unspecified atom stereocenters. The highest BCUT2D eigenvalue weighted by Crippen LogP contribution is 2.35. The van der Waals surface area contributed by atoms with Crippen LogP contribution in [0, 0.1) is 6.92 Å². The molecule has 1 fully saturated rings. The molecule has 110 valence electrons. The van der Waals surface area contributed by atoms with Crippen molar-refractivity contribution in [3.05, 3.63) is 34.9 Å². The van der Waals surface area contributed by atoms with E-state index < -0.39 is 17.8 Å². The number of rotatable bonds is 1. The van der Waals surface area contributed by atoms with E-state index in [1.165, 1.54) is 17.0 Å². The number of amides is 1. The van der Waals surface area contributed by atoms with Crippen molar-refractivity contribution >= 4 is 6.09 Å². The molecule has 0 spiro atoms. The molecule has 1 saturated heterocycles. The monoisotopic (exact) mass is 287 g/mol. The predicted octanol–water partition coefficient (Wildman–Crippen LogP) is 3.87. The first-order valence-corrected chi connectivity index (χ1v) is 6.44. The van der Waals surface area contributed by atoms with Crippen molar-refractivity contribution in [3.63, 3.8) is 0 Å². The molecule has 0 saturated carbocycles. The topological polar surface area (TPSA) is 40.5 Å². The molecule has 3 nitrogen and oxygen atoms in total. The minimum Gasteiger partial charge on any atom is -0.465 e. The van der Waals surface area contributed by atoms with Gasteiger partial charge in [-0.15, -0.1) is 0 Å². The molecule has 1 amide bonds. The molecule has 6 heteroatoms.